The third kappa shape index (κ3) is 11.5. The first-order valence-corrected chi connectivity index (χ1v) is 7.58. The molecule has 0 aliphatic carbocycles. The molecule has 0 atom stereocenters. The van der Waals surface area contributed by atoms with E-state index in [1.54, 1.807) is 11.8 Å². The number of thioether (sulfide) groups is 1. The van der Waals surface area contributed by atoms with E-state index in [-0.39, 0.29) is 0 Å². The van der Waals surface area contributed by atoms with Crippen molar-refractivity contribution in [3.8, 4) is 11.8 Å². The van der Waals surface area contributed by atoms with Gasteiger partial charge in [-0.15, -0.1) is 3.89 Å². The van der Waals surface area contributed by atoms with Gasteiger partial charge in [-0.2, -0.15) is 0 Å². The molecule has 0 radical (unpaired) electrons. The van der Waals surface area contributed by atoms with E-state index in [0.717, 1.165) is 10.6 Å². The zero-order valence-corrected chi connectivity index (χ0v) is 12.4. The lowest BCUT2D eigenvalue weighted by atomic mass is 10.2. The van der Waals surface area contributed by atoms with Crippen molar-refractivity contribution in [2.45, 2.75) is 0 Å². The molecule has 1 aromatic rings. The predicted molar refractivity (Wildman–Crippen MR) is 74.8 cm³/mol. The molecule has 19 heavy (non-hydrogen) atoms. The molecule has 0 heterocycles. The van der Waals surface area contributed by atoms with Gasteiger partial charge < -0.3 is 4.55 Å². The quantitative estimate of drug-likeness (QED) is 0.182. The summed E-state index contributed by atoms with van der Waals surface area (Å²) < 4.78 is 37.4. The first-order valence-electron chi connectivity index (χ1n) is 5.05. The van der Waals surface area contributed by atoms with Gasteiger partial charge in [0.2, 0.25) is 0 Å². The first-order chi connectivity index (χ1) is 8.74. The summed E-state index contributed by atoms with van der Waals surface area (Å²) in [6, 6.07) is 10.0. The highest BCUT2D eigenvalue weighted by atomic mass is 32.3. The van der Waals surface area contributed by atoms with Crippen molar-refractivity contribution < 1.29 is 21.4 Å². The van der Waals surface area contributed by atoms with Crippen LogP contribution in [0.25, 0.3) is 0 Å². The summed E-state index contributed by atoms with van der Waals surface area (Å²) in [5.74, 6) is 6.27. The Hall–Kier alpha value is -1.36. The van der Waals surface area contributed by atoms with Gasteiger partial charge in [0.05, 0.1) is 0 Å². The summed E-state index contributed by atoms with van der Waals surface area (Å²) in [5.41, 5.74) is 1.06. The van der Waals surface area contributed by atoms with E-state index in [1.807, 2.05) is 55.3 Å². The van der Waals surface area contributed by atoms with E-state index in [1.165, 1.54) is 0 Å². The van der Waals surface area contributed by atoms with E-state index < -0.39 is 10.5 Å². The van der Waals surface area contributed by atoms with Crippen LogP contribution in [0.3, 0.4) is 0 Å². The van der Waals surface area contributed by atoms with Crippen LogP contribution in [0.1, 0.15) is 5.56 Å². The van der Waals surface area contributed by atoms with Crippen molar-refractivity contribution in [1.29, 1.82) is 0 Å². The molecule has 0 N–H and O–H groups in total. The van der Waals surface area contributed by atoms with E-state index >= 15 is 0 Å². The summed E-state index contributed by atoms with van der Waals surface area (Å²) >= 11 is 1.67. The maximum atomic E-state index is 10.1. The Morgan fingerprint density at radius 1 is 1.32 bits per heavy atom. The van der Waals surface area contributed by atoms with Gasteiger partial charge in [-0.25, -0.2) is 13.0 Å². The van der Waals surface area contributed by atoms with Gasteiger partial charge in [0.1, 0.15) is 14.1 Å². The fourth-order valence-electron chi connectivity index (χ4n) is 0.993. The monoisotopic (exact) mass is 303 g/mol. The summed E-state index contributed by atoms with van der Waals surface area (Å²) in [7, 11) is -1.41. The largest absolute Gasteiger partial charge is 0.722 e. The minimum Gasteiger partial charge on any atom is -0.722 e. The molecule has 1 rings (SSSR count). The lowest BCUT2D eigenvalue weighted by Gasteiger charge is -1.90. The number of rotatable bonds is 0. The average Bonchev–Trinajstić information content (AvgIpc) is 2.28. The molecule has 0 aliphatic rings. The second-order valence-electron chi connectivity index (χ2n) is 3.41. The Morgan fingerprint density at radius 3 is 2.16 bits per heavy atom. The van der Waals surface area contributed by atoms with Crippen molar-refractivity contribution in [3.05, 3.63) is 35.9 Å². The van der Waals surface area contributed by atoms with Crippen LogP contribution < -0.4 is 0 Å². The minimum absolute atomic E-state index is 1.06. The van der Waals surface area contributed by atoms with Crippen LogP contribution in [0.15, 0.2) is 30.3 Å². The standard InChI is InChI=1S/C12H14NS.FHO3S/c1-13(2)12(14-3)10-9-11-7-5-4-6-8-11;1-5(2,3)4/h4-8H,1-3H3;(H,2,3,4)/q+1;/p-1. The van der Waals surface area contributed by atoms with E-state index in [2.05, 4.69) is 11.8 Å². The number of benzene rings is 1. The molecule has 1 aromatic carbocycles. The maximum Gasteiger partial charge on any atom is 0.286 e. The Labute approximate surface area is 117 Å². The average molecular weight is 303 g/mol. The predicted octanol–water partition coefficient (Wildman–Crippen LogP) is 1.49. The maximum absolute atomic E-state index is 10.1. The van der Waals surface area contributed by atoms with Gasteiger partial charge >= 0.3 is 0 Å². The van der Waals surface area contributed by atoms with Crippen molar-refractivity contribution >= 4 is 27.3 Å². The lowest BCUT2D eigenvalue weighted by molar-refractivity contribution is -0.460. The second-order valence-corrected chi connectivity index (χ2v) is 4.99. The smallest absolute Gasteiger partial charge is 0.286 e. The van der Waals surface area contributed by atoms with Crippen LogP contribution in [-0.4, -0.2) is 42.9 Å². The molecule has 0 fully saturated rings. The topological polar surface area (TPSA) is 60.2 Å². The van der Waals surface area contributed by atoms with Crippen molar-refractivity contribution in [1.82, 2.24) is 0 Å². The molecule has 4 nitrogen and oxygen atoms in total. The van der Waals surface area contributed by atoms with Crippen molar-refractivity contribution in [2.24, 2.45) is 0 Å². The summed E-state index contributed by atoms with van der Waals surface area (Å²) in [5, 5.41) is 1.08. The van der Waals surface area contributed by atoms with Crippen molar-refractivity contribution in [2.75, 3.05) is 20.4 Å². The van der Waals surface area contributed by atoms with E-state index in [4.69, 9.17) is 13.0 Å². The third-order valence-electron chi connectivity index (χ3n) is 1.69. The molecule has 0 saturated carbocycles. The molecule has 0 bridgehead atoms. The van der Waals surface area contributed by atoms with Crippen LogP contribution >= 0.6 is 11.8 Å². The molecule has 104 valence electrons. The molecule has 0 aliphatic heterocycles. The zero-order valence-electron chi connectivity index (χ0n) is 10.8. The van der Waals surface area contributed by atoms with Gasteiger partial charge in [-0.05, 0) is 18.4 Å². The third-order valence-corrected chi connectivity index (χ3v) is 2.54. The van der Waals surface area contributed by atoms with Gasteiger partial charge in [-0.3, -0.25) is 0 Å². The van der Waals surface area contributed by atoms with E-state index in [0.29, 0.717) is 0 Å². The first kappa shape index (κ1) is 17.6. The van der Waals surface area contributed by atoms with Crippen LogP contribution in [-0.2, 0) is 10.5 Å². The lowest BCUT2D eigenvalue weighted by Crippen LogP contribution is -2.06. The number of hydrogen-bond acceptors (Lipinski definition) is 4. The van der Waals surface area contributed by atoms with E-state index in [9.17, 15) is 3.89 Å². The minimum atomic E-state index is -5.42. The normalized spacial score (nSPS) is 9.53. The fourth-order valence-corrected chi connectivity index (χ4v) is 1.51. The molecule has 0 unspecified atom stereocenters. The highest BCUT2D eigenvalue weighted by Crippen LogP contribution is 1.98. The zero-order chi connectivity index (χ0) is 14.9. The van der Waals surface area contributed by atoms with Gasteiger partial charge in [0.15, 0.2) is 0 Å². The van der Waals surface area contributed by atoms with Crippen LogP contribution in [0.5, 0.6) is 0 Å². The van der Waals surface area contributed by atoms with Crippen LogP contribution in [0.4, 0.5) is 3.89 Å². The Balaban J connectivity index is 0.000000555. The number of hydrogen-bond donors (Lipinski definition) is 0. The van der Waals surface area contributed by atoms with Crippen LogP contribution in [0, 0.1) is 11.8 Å². The van der Waals surface area contributed by atoms with Gasteiger partial charge in [0, 0.05) is 11.5 Å². The molecule has 0 saturated heterocycles. The number of nitrogens with zero attached hydrogens (tertiary/aromatic N) is 1. The Kier molecular flexibility index (Phi) is 8.07. The van der Waals surface area contributed by atoms with Gasteiger partial charge in [-0.1, -0.05) is 35.9 Å². The summed E-state index contributed by atoms with van der Waals surface area (Å²) in [6.45, 7) is 0. The Bertz CT molecular complexity index is 574. The highest BCUT2D eigenvalue weighted by Gasteiger charge is 1.99. The highest BCUT2D eigenvalue weighted by molar-refractivity contribution is 8.13. The molecular formula is C12H14FNO3S2. The molecule has 0 amide bonds. The number of halogens is 1. The van der Waals surface area contributed by atoms with Crippen molar-refractivity contribution in [3.63, 3.8) is 0 Å². The Morgan fingerprint density at radius 2 is 1.79 bits per heavy atom. The second kappa shape index (κ2) is 8.69. The summed E-state index contributed by atoms with van der Waals surface area (Å²) in [4.78, 5) is 0. The molecule has 7 heteroatoms. The summed E-state index contributed by atoms with van der Waals surface area (Å²) in [6.07, 6.45) is 2.04. The van der Waals surface area contributed by atoms with Crippen LogP contribution in [0.2, 0.25) is 0 Å². The SMILES string of the molecule is CSC(C#Cc1ccccc1)=[N+](C)C.O=S(=O)([O-])F. The molecule has 0 spiro atoms. The molecule has 0 aromatic heterocycles. The van der Waals surface area contributed by atoms with Gasteiger partial charge in [0.25, 0.3) is 15.5 Å². The fraction of sp³-hybridized carbons (Fsp3) is 0.250. The molecular weight excluding hydrogens is 289 g/mol.